The molecule has 1 N–H and O–H groups in total. The molecule has 3 unspecified atom stereocenters. The predicted molar refractivity (Wildman–Crippen MR) is 75.9 cm³/mol. The van der Waals surface area contributed by atoms with Gasteiger partial charge in [-0.3, -0.25) is 0 Å². The van der Waals surface area contributed by atoms with E-state index in [4.69, 9.17) is 9.47 Å². The van der Waals surface area contributed by atoms with E-state index in [1.165, 1.54) is 25.7 Å². The molecule has 0 heterocycles. The van der Waals surface area contributed by atoms with Gasteiger partial charge in [0.15, 0.2) is 0 Å². The molecule has 0 saturated heterocycles. The first kappa shape index (κ1) is 15.9. The first-order chi connectivity index (χ1) is 8.67. The van der Waals surface area contributed by atoms with Crippen LogP contribution < -0.4 is 5.32 Å². The molecule has 0 aliphatic heterocycles. The molecule has 1 rings (SSSR count). The minimum Gasteiger partial charge on any atom is -0.381 e. The van der Waals surface area contributed by atoms with Crippen molar-refractivity contribution < 1.29 is 9.47 Å². The average molecular weight is 257 g/mol. The van der Waals surface area contributed by atoms with Crippen molar-refractivity contribution in [3.63, 3.8) is 0 Å². The number of ether oxygens (including phenoxy) is 2. The van der Waals surface area contributed by atoms with Crippen LogP contribution in [0.15, 0.2) is 0 Å². The summed E-state index contributed by atoms with van der Waals surface area (Å²) in [7, 11) is 1.81. The maximum Gasteiger partial charge on any atom is 0.0625 e. The maximum atomic E-state index is 6.09. The van der Waals surface area contributed by atoms with E-state index in [0.29, 0.717) is 24.2 Å². The van der Waals surface area contributed by atoms with Crippen molar-refractivity contribution in [1.82, 2.24) is 5.32 Å². The Kier molecular flexibility index (Phi) is 7.87. The van der Waals surface area contributed by atoms with Crippen molar-refractivity contribution in [3.05, 3.63) is 0 Å². The Morgan fingerprint density at radius 3 is 2.56 bits per heavy atom. The minimum absolute atomic E-state index is 0.397. The van der Waals surface area contributed by atoms with E-state index in [2.05, 4.69) is 26.1 Å². The summed E-state index contributed by atoms with van der Waals surface area (Å²) in [6, 6.07) is 0.480. The van der Waals surface area contributed by atoms with Gasteiger partial charge >= 0.3 is 0 Å². The molecule has 0 aromatic carbocycles. The van der Waals surface area contributed by atoms with Crippen molar-refractivity contribution in [1.29, 1.82) is 0 Å². The van der Waals surface area contributed by atoms with Gasteiger partial charge in [0.25, 0.3) is 0 Å². The third-order valence-corrected chi connectivity index (χ3v) is 3.88. The van der Waals surface area contributed by atoms with Crippen LogP contribution in [0.25, 0.3) is 0 Å². The summed E-state index contributed by atoms with van der Waals surface area (Å²) in [5.41, 5.74) is 0. The van der Waals surface area contributed by atoms with Crippen LogP contribution in [0, 0.1) is 5.92 Å². The number of methoxy groups -OCH3 is 1. The zero-order valence-corrected chi connectivity index (χ0v) is 12.6. The van der Waals surface area contributed by atoms with E-state index in [1.54, 1.807) is 0 Å². The number of hydrogen-bond acceptors (Lipinski definition) is 3. The molecule has 3 atom stereocenters. The molecule has 1 aliphatic rings. The summed E-state index contributed by atoms with van der Waals surface area (Å²) >= 11 is 0. The van der Waals surface area contributed by atoms with Crippen LogP contribution in [0.1, 0.15) is 52.9 Å². The molecule has 0 aromatic heterocycles. The molecule has 18 heavy (non-hydrogen) atoms. The van der Waals surface area contributed by atoms with Crippen LogP contribution in [0.4, 0.5) is 0 Å². The Morgan fingerprint density at radius 1 is 1.22 bits per heavy atom. The van der Waals surface area contributed by atoms with E-state index >= 15 is 0 Å². The highest BCUT2D eigenvalue weighted by Gasteiger charge is 2.23. The normalized spacial score (nSPS) is 26.5. The van der Waals surface area contributed by atoms with E-state index in [9.17, 15) is 0 Å². The van der Waals surface area contributed by atoms with Gasteiger partial charge in [-0.15, -0.1) is 0 Å². The van der Waals surface area contributed by atoms with Gasteiger partial charge < -0.3 is 14.8 Å². The molecule has 1 saturated carbocycles. The molecular weight excluding hydrogens is 226 g/mol. The molecule has 1 aliphatic carbocycles. The van der Waals surface area contributed by atoms with Gasteiger partial charge in [-0.1, -0.05) is 20.8 Å². The molecule has 0 amide bonds. The van der Waals surface area contributed by atoms with Crippen molar-refractivity contribution in [2.75, 3.05) is 20.3 Å². The molecule has 0 radical (unpaired) electrons. The Labute approximate surface area is 113 Å². The quantitative estimate of drug-likeness (QED) is 0.725. The van der Waals surface area contributed by atoms with Gasteiger partial charge in [0.1, 0.15) is 0 Å². The number of nitrogens with one attached hydrogen (secondary N) is 1. The Balaban J connectivity index is 2.27. The molecule has 108 valence electrons. The first-order valence-electron chi connectivity index (χ1n) is 7.55. The lowest BCUT2D eigenvalue weighted by molar-refractivity contribution is -0.0385. The molecule has 0 bridgehead atoms. The molecular formula is C15H31NO2. The lowest BCUT2D eigenvalue weighted by Gasteiger charge is -2.30. The second-order valence-electron chi connectivity index (χ2n) is 5.78. The van der Waals surface area contributed by atoms with E-state index in [-0.39, 0.29) is 0 Å². The first-order valence-corrected chi connectivity index (χ1v) is 7.55. The standard InChI is InChI=1S/C15H31NO2/c1-5-9-16-15(12(2)3)11-18-14-8-6-7-13(10-14)17-4/h12-16H,5-11H2,1-4H3. The fraction of sp³-hybridized carbons (Fsp3) is 1.00. The fourth-order valence-electron chi connectivity index (χ4n) is 2.52. The van der Waals surface area contributed by atoms with E-state index in [0.717, 1.165) is 19.6 Å². The molecule has 3 heteroatoms. The highest BCUT2D eigenvalue weighted by Crippen LogP contribution is 2.23. The lowest BCUT2D eigenvalue weighted by Crippen LogP contribution is -2.40. The van der Waals surface area contributed by atoms with E-state index < -0.39 is 0 Å². The summed E-state index contributed by atoms with van der Waals surface area (Å²) in [5, 5.41) is 3.58. The molecule has 3 nitrogen and oxygen atoms in total. The SMILES string of the molecule is CCCNC(COC1CCCC(OC)C1)C(C)C. The molecule has 0 spiro atoms. The second kappa shape index (κ2) is 8.89. The third-order valence-electron chi connectivity index (χ3n) is 3.88. The topological polar surface area (TPSA) is 30.5 Å². The van der Waals surface area contributed by atoms with Crippen molar-refractivity contribution in [2.45, 2.75) is 71.1 Å². The number of hydrogen-bond donors (Lipinski definition) is 1. The highest BCUT2D eigenvalue weighted by molar-refractivity contribution is 4.76. The van der Waals surface area contributed by atoms with Crippen LogP contribution in [0.2, 0.25) is 0 Å². The highest BCUT2D eigenvalue weighted by atomic mass is 16.5. The Hall–Kier alpha value is -0.120. The second-order valence-corrected chi connectivity index (χ2v) is 5.78. The largest absolute Gasteiger partial charge is 0.381 e. The van der Waals surface area contributed by atoms with Gasteiger partial charge in [-0.05, 0) is 44.6 Å². The third kappa shape index (κ3) is 5.68. The Bertz CT molecular complexity index is 209. The van der Waals surface area contributed by atoms with Crippen molar-refractivity contribution in [3.8, 4) is 0 Å². The lowest BCUT2D eigenvalue weighted by atomic mass is 9.94. The van der Waals surface area contributed by atoms with Gasteiger partial charge in [0.2, 0.25) is 0 Å². The summed E-state index contributed by atoms with van der Waals surface area (Å²) in [4.78, 5) is 0. The zero-order valence-electron chi connectivity index (χ0n) is 12.6. The Morgan fingerprint density at radius 2 is 1.94 bits per heavy atom. The zero-order chi connectivity index (χ0) is 13.4. The summed E-state index contributed by atoms with van der Waals surface area (Å²) in [6.45, 7) is 8.64. The van der Waals surface area contributed by atoms with Crippen LogP contribution in [-0.4, -0.2) is 38.5 Å². The van der Waals surface area contributed by atoms with Crippen LogP contribution >= 0.6 is 0 Å². The van der Waals surface area contributed by atoms with Crippen LogP contribution in [0.5, 0.6) is 0 Å². The van der Waals surface area contributed by atoms with Crippen molar-refractivity contribution >= 4 is 0 Å². The molecule has 1 fully saturated rings. The fourth-order valence-corrected chi connectivity index (χ4v) is 2.52. The smallest absolute Gasteiger partial charge is 0.0625 e. The summed E-state index contributed by atoms with van der Waals surface area (Å²) < 4.78 is 11.5. The van der Waals surface area contributed by atoms with Gasteiger partial charge in [0.05, 0.1) is 18.8 Å². The van der Waals surface area contributed by atoms with Gasteiger partial charge in [-0.25, -0.2) is 0 Å². The average Bonchev–Trinajstić information content (AvgIpc) is 2.38. The van der Waals surface area contributed by atoms with Crippen molar-refractivity contribution in [2.24, 2.45) is 5.92 Å². The van der Waals surface area contributed by atoms with Crippen LogP contribution in [-0.2, 0) is 9.47 Å². The van der Waals surface area contributed by atoms with Gasteiger partial charge in [0, 0.05) is 13.2 Å². The maximum absolute atomic E-state index is 6.09. The monoisotopic (exact) mass is 257 g/mol. The predicted octanol–water partition coefficient (Wildman–Crippen LogP) is 2.98. The molecule has 0 aromatic rings. The summed E-state index contributed by atoms with van der Waals surface area (Å²) in [5.74, 6) is 0.623. The van der Waals surface area contributed by atoms with Gasteiger partial charge in [-0.2, -0.15) is 0 Å². The van der Waals surface area contributed by atoms with Crippen LogP contribution in [0.3, 0.4) is 0 Å². The number of rotatable bonds is 8. The summed E-state index contributed by atoms with van der Waals surface area (Å²) in [6.07, 6.45) is 6.67. The van der Waals surface area contributed by atoms with E-state index in [1.807, 2.05) is 7.11 Å². The minimum atomic E-state index is 0.397.